The summed E-state index contributed by atoms with van der Waals surface area (Å²) >= 11 is 0. The van der Waals surface area contributed by atoms with Crippen molar-refractivity contribution in [1.82, 2.24) is 0 Å². The highest BCUT2D eigenvalue weighted by Gasteiger charge is 2.33. The fraction of sp³-hybridized carbons (Fsp3) is 1.00. The first-order valence-electron chi connectivity index (χ1n) is 6.62. The molecule has 20 heavy (non-hydrogen) atoms. The molecule has 0 unspecified atom stereocenters. The largest absolute Gasteiger partial charge is 0.428 e. The molecule has 7 nitrogen and oxygen atoms in total. The zero-order valence-corrected chi connectivity index (χ0v) is 15.0. The van der Waals surface area contributed by atoms with Crippen LogP contribution in [0.5, 0.6) is 0 Å². The monoisotopic (exact) mass is 312 g/mol. The van der Waals surface area contributed by atoms with Crippen LogP contribution in [-0.2, 0) is 32.8 Å². The first kappa shape index (κ1) is 19.9. The Balaban J connectivity index is 4.48. The quantitative estimate of drug-likeness (QED) is 0.225. The Kier molecular flexibility index (Phi) is 13.9. The summed E-state index contributed by atoms with van der Waals surface area (Å²) in [4.78, 5) is 0. The smallest absolute Gasteiger partial charge is 0.285 e. The van der Waals surface area contributed by atoms with Crippen molar-refractivity contribution in [1.29, 1.82) is 0 Å². The van der Waals surface area contributed by atoms with Crippen molar-refractivity contribution >= 4 is 10.5 Å². The summed E-state index contributed by atoms with van der Waals surface area (Å²) in [5, 5.41) is 0. The van der Waals surface area contributed by atoms with Gasteiger partial charge in [-0.05, 0) is 0 Å². The van der Waals surface area contributed by atoms with E-state index in [0.717, 1.165) is 0 Å². The molecule has 122 valence electrons. The molecule has 0 aromatic carbocycles. The average molecular weight is 312 g/mol. The van der Waals surface area contributed by atoms with Gasteiger partial charge in [0.2, 0.25) is 0 Å². The topological polar surface area (TPSA) is 64.6 Å². The molecule has 0 N–H and O–H groups in total. The second-order valence-corrected chi connectivity index (χ2v) is 4.53. The van der Waals surface area contributed by atoms with Gasteiger partial charge in [-0.25, -0.2) is 0 Å². The van der Waals surface area contributed by atoms with Gasteiger partial charge in [0, 0.05) is 27.9 Å². The van der Waals surface area contributed by atoms with Gasteiger partial charge in [-0.15, -0.1) is 0 Å². The summed E-state index contributed by atoms with van der Waals surface area (Å²) in [6.07, 6.45) is 0.480. The van der Waals surface area contributed by atoms with Crippen LogP contribution in [0.3, 0.4) is 0 Å². The van der Waals surface area contributed by atoms with E-state index in [1.54, 1.807) is 21.3 Å². The lowest BCUT2D eigenvalue weighted by Gasteiger charge is -2.33. The molecule has 8 heteroatoms. The second-order valence-electron chi connectivity index (χ2n) is 3.95. The van der Waals surface area contributed by atoms with Crippen LogP contribution in [0, 0.1) is 0 Å². The maximum atomic E-state index is 5.72. The van der Waals surface area contributed by atoms with Crippen LogP contribution in [0.4, 0.5) is 0 Å². The summed E-state index contributed by atoms with van der Waals surface area (Å²) in [7, 11) is 5.50. The summed E-state index contributed by atoms with van der Waals surface area (Å²) in [6, 6.07) is 0. The number of methoxy groups -OCH3 is 3. The van der Waals surface area contributed by atoms with Crippen molar-refractivity contribution in [3.05, 3.63) is 0 Å². The molecule has 0 aliphatic carbocycles. The Bertz CT molecular complexity index is 180. The van der Waals surface area contributed by atoms with E-state index in [1.165, 1.54) is 0 Å². The molecule has 0 rings (SSSR count). The van der Waals surface area contributed by atoms with Crippen molar-refractivity contribution in [2.75, 3.05) is 67.6 Å². The van der Waals surface area contributed by atoms with Crippen LogP contribution in [0.15, 0.2) is 0 Å². The van der Waals surface area contributed by atoms with Gasteiger partial charge in [0.1, 0.15) is 10.5 Å². The van der Waals surface area contributed by atoms with Crippen LogP contribution in [0.1, 0.15) is 6.42 Å². The van der Waals surface area contributed by atoms with Crippen LogP contribution < -0.4 is 0 Å². The third-order valence-electron chi connectivity index (χ3n) is 2.44. The predicted octanol–water partition coefficient (Wildman–Crippen LogP) is -0.684. The Labute approximate surface area is 124 Å². The maximum Gasteiger partial charge on any atom is 0.285 e. The lowest BCUT2D eigenvalue weighted by atomic mass is 10.4. The molecular weight excluding hydrogens is 284 g/mol. The predicted molar refractivity (Wildman–Crippen MR) is 76.7 cm³/mol. The Hall–Kier alpha value is -0.0631. The Morgan fingerprint density at radius 3 is 1.35 bits per heavy atom. The second kappa shape index (κ2) is 13.9. The molecule has 0 bridgehead atoms. The third kappa shape index (κ3) is 9.78. The van der Waals surface area contributed by atoms with Crippen molar-refractivity contribution in [2.45, 2.75) is 12.4 Å². The molecule has 0 aliphatic heterocycles. The SMILES string of the molecule is COCCOC(CCO[SiH3])(OCCOC)OCCOC. The molecule has 0 aromatic rings. The van der Waals surface area contributed by atoms with Gasteiger partial charge >= 0.3 is 0 Å². The molecule has 0 aliphatic rings. The van der Waals surface area contributed by atoms with Gasteiger partial charge in [-0.2, -0.15) is 0 Å². The van der Waals surface area contributed by atoms with Crippen molar-refractivity contribution in [2.24, 2.45) is 0 Å². The maximum absolute atomic E-state index is 5.72. The lowest BCUT2D eigenvalue weighted by Crippen LogP contribution is -2.43. The Morgan fingerprint density at radius 1 is 0.650 bits per heavy atom. The summed E-state index contributed by atoms with van der Waals surface area (Å²) in [5.41, 5.74) is 0. The van der Waals surface area contributed by atoms with Gasteiger partial charge in [-0.3, -0.25) is 0 Å². The number of ether oxygens (including phenoxy) is 6. The molecule has 0 saturated carbocycles. The van der Waals surface area contributed by atoms with E-state index in [4.69, 9.17) is 32.8 Å². The number of rotatable bonds is 15. The van der Waals surface area contributed by atoms with E-state index < -0.39 is 5.97 Å². The van der Waals surface area contributed by atoms with Gasteiger partial charge in [0.25, 0.3) is 5.97 Å². The molecule has 0 amide bonds. The molecule has 0 radical (unpaired) electrons. The summed E-state index contributed by atoms with van der Waals surface area (Å²) < 4.78 is 37.3. The van der Waals surface area contributed by atoms with Gasteiger partial charge in [0.15, 0.2) is 0 Å². The minimum absolute atomic E-state index is 0.373. The van der Waals surface area contributed by atoms with Crippen molar-refractivity contribution in [3.63, 3.8) is 0 Å². The van der Waals surface area contributed by atoms with Gasteiger partial charge in [0.05, 0.1) is 46.1 Å². The van der Waals surface area contributed by atoms with E-state index in [2.05, 4.69) is 0 Å². The van der Waals surface area contributed by atoms with E-state index >= 15 is 0 Å². The highest BCUT2D eigenvalue weighted by atomic mass is 28.2. The zero-order chi connectivity index (χ0) is 15.1. The zero-order valence-electron chi connectivity index (χ0n) is 13.0. The minimum Gasteiger partial charge on any atom is -0.428 e. The molecule has 0 aromatic heterocycles. The van der Waals surface area contributed by atoms with Gasteiger partial charge < -0.3 is 32.8 Å². The minimum atomic E-state index is -1.14. The number of hydrogen-bond acceptors (Lipinski definition) is 7. The number of hydrogen-bond donors (Lipinski definition) is 0. The van der Waals surface area contributed by atoms with Crippen LogP contribution in [-0.4, -0.2) is 84.0 Å². The average Bonchev–Trinajstić information content (AvgIpc) is 2.46. The molecule has 0 saturated heterocycles. The summed E-state index contributed by atoms with van der Waals surface area (Å²) in [6.45, 7) is 3.02. The fourth-order valence-corrected chi connectivity index (χ4v) is 1.61. The van der Waals surface area contributed by atoms with Crippen LogP contribution >= 0.6 is 0 Å². The van der Waals surface area contributed by atoms with E-state index in [9.17, 15) is 0 Å². The first-order chi connectivity index (χ1) is 9.74. The molecule has 0 atom stereocenters. The third-order valence-corrected chi connectivity index (χ3v) is 2.85. The van der Waals surface area contributed by atoms with Crippen LogP contribution in [0.25, 0.3) is 0 Å². The lowest BCUT2D eigenvalue weighted by molar-refractivity contribution is -0.388. The van der Waals surface area contributed by atoms with Crippen molar-refractivity contribution in [3.8, 4) is 0 Å². The van der Waals surface area contributed by atoms with E-state index in [0.29, 0.717) is 63.2 Å². The van der Waals surface area contributed by atoms with E-state index in [-0.39, 0.29) is 0 Å². The molecule has 0 heterocycles. The highest BCUT2D eigenvalue weighted by molar-refractivity contribution is 5.97. The normalized spacial score (nSPS) is 12.2. The van der Waals surface area contributed by atoms with E-state index in [1.807, 2.05) is 0 Å². The standard InChI is InChI=1S/C12H28O7Si/c1-13-6-9-16-12(4-5-19-20,17-10-7-14-2)18-11-8-15-3/h4-11H2,1-3,20H3. The molecule has 0 fully saturated rings. The molecule has 0 spiro atoms. The van der Waals surface area contributed by atoms with Crippen molar-refractivity contribution < 1.29 is 32.8 Å². The molecular formula is C12H28O7Si. The van der Waals surface area contributed by atoms with Crippen LogP contribution in [0.2, 0.25) is 0 Å². The first-order valence-corrected chi connectivity index (χ1v) is 7.44. The highest BCUT2D eigenvalue weighted by Crippen LogP contribution is 2.20. The summed E-state index contributed by atoms with van der Waals surface area (Å²) in [5.74, 6) is -1.14. The van der Waals surface area contributed by atoms with Gasteiger partial charge in [-0.1, -0.05) is 0 Å². The fourth-order valence-electron chi connectivity index (χ4n) is 1.41. The Morgan fingerprint density at radius 2 is 1.05 bits per heavy atom.